The van der Waals surface area contributed by atoms with Crippen molar-refractivity contribution in [2.24, 2.45) is 0 Å². The number of hydrogen-bond acceptors (Lipinski definition) is 5. The molecule has 2 rings (SSSR count). The van der Waals surface area contributed by atoms with Crippen LogP contribution in [0.25, 0.3) is 0 Å². The quantitative estimate of drug-likeness (QED) is 0.454. The Balaban J connectivity index is 1.95. The molecule has 1 aliphatic carbocycles. The lowest BCUT2D eigenvalue weighted by Crippen LogP contribution is -2.23. The van der Waals surface area contributed by atoms with E-state index in [0.717, 1.165) is 0 Å². The number of hydrogen-bond donors (Lipinski definition) is 1. The van der Waals surface area contributed by atoms with Crippen molar-refractivity contribution in [2.75, 3.05) is 20.3 Å². The Bertz CT molecular complexity index is 432. The van der Waals surface area contributed by atoms with E-state index in [1.165, 1.54) is 32.1 Å². The molecular weight excluding hydrogens is 236 g/mol. The van der Waals surface area contributed by atoms with Crippen LogP contribution in [0.4, 0.5) is 5.69 Å². The Morgan fingerprint density at radius 2 is 2.28 bits per heavy atom. The molecule has 0 atom stereocenters. The van der Waals surface area contributed by atoms with Gasteiger partial charge in [-0.05, 0) is 18.9 Å². The van der Waals surface area contributed by atoms with Gasteiger partial charge in [0, 0.05) is 24.7 Å². The van der Waals surface area contributed by atoms with E-state index < -0.39 is 4.92 Å². The second-order valence-corrected chi connectivity index (χ2v) is 4.17. The van der Waals surface area contributed by atoms with Gasteiger partial charge >= 0.3 is 5.69 Å². The standard InChI is InChI=1S/C12H16N2O4/c1-17-10-4-5-11(14(15)16)12(8-10)18-7-6-13-9-2-3-9/h4-5,8-9,13H,2-3,6-7H2,1H3. The number of ether oxygens (including phenoxy) is 2. The highest BCUT2D eigenvalue weighted by atomic mass is 16.6. The predicted octanol–water partition coefficient (Wildman–Crippen LogP) is 1.73. The molecule has 0 bridgehead atoms. The van der Waals surface area contributed by atoms with Gasteiger partial charge in [0.15, 0.2) is 0 Å². The van der Waals surface area contributed by atoms with E-state index in [2.05, 4.69) is 5.32 Å². The fraction of sp³-hybridized carbons (Fsp3) is 0.500. The van der Waals surface area contributed by atoms with Gasteiger partial charge < -0.3 is 14.8 Å². The second kappa shape index (κ2) is 5.68. The molecule has 1 saturated carbocycles. The summed E-state index contributed by atoms with van der Waals surface area (Å²) in [5.41, 5.74) is -0.0396. The van der Waals surface area contributed by atoms with E-state index in [4.69, 9.17) is 9.47 Å². The summed E-state index contributed by atoms with van der Waals surface area (Å²) in [6.07, 6.45) is 2.42. The van der Waals surface area contributed by atoms with E-state index in [9.17, 15) is 10.1 Å². The third-order valence-corrected chi connectivity index (χ3v) is 2.73. The number of methoxy groups -OCH3 is 1. The minimum absolute atomic E-state index is 0.0396. The molecule has 98 valence electrons. The van der Waals surface area contributed by atoms with E-state index >= 15 is 0 Å². The molecule has 0 heterocycles. The molecule has 1 fully saturated rings. The van der Waals surface area contributed by atoms with Crippen molar-refractivity contribution in [2.45, 2.75) is 18.9 Å². The number of nitro groups is 1. The Morgan fingerprint density at radius 3 is 2.89 bits per heavy atom. The number of nitro benzene ring substituents is 1. The first kappa shape index (κ1) is 12.6. The van der Waals surface area contributed by atoms with Crippen LogP contribution in [0.1, 0.15) is 12.8 Å². The van der Waals surface area contributed by atoms with Crippen LogP contribution >= 0.6 is 0 Å². The van der Waals surface area contributed by atoms with Crippen molar-refractivity contribution < 1.29 is 14.4 Å². The zero-order valence-corrected chi connectivity index (χ0v) is 10.2. The molecule has 1 aromatic carbocycles. The summed E-state index contributed by atoms with van der Waals surface area (Å²) in [5.74, 6) is 0.794. The third kappa shape index (κ3) is 3.33. The SMILES string of the molecule is COc1ccc([N+](=O)[O-])c(OCCNC2CC2)c1. The first-order valence-corrected chi connectivity index (χ1v) is 5.89. The average Bonchev–Trinajstić information content (AvgIpc) is 3.18. The Hall–Kier alpha value is -1.82. The molecule has 0 spiro atoms. The summed E-state index contributed by atoms with van der Waals surface area (Å²) >= 11 is 0. The number of rotatable bonds is 7. The highest BCUT2D eigenvalue weighted by Gasteiger charge is 2.20. The van der Waals surface area contributed by atoms with Crippen LogP contribution < -0.4 is 14.8 Å². The number of benzene rings is 1. The smallest absolute Gasteiger partial charge is 0.311 e. The molecule has 1 aliphatic rings. The van der Waals surface area contributed by atoms with Crippen molar-refractivity contribution in [3.63, 3.8) is 0 Å². The van der Waals surface area contributed by atoms with Gasteiger partial charge in [0.25, 0.3) is 0 Å². The summed E-state index contributed by atoms with van der Waals surface area (Å²) in [5, 5.41) is 14.1. The second-order valence-electron chi connectivity index (χ2n) is 4.17. The van der Waals surface area contributed by atoms with E-state index in [-0.39, 0.29) is 11.4 Å². The summed E-state index contributed by atoms with van der Waals surface area (Å²) in [6, 6.07) is 5.08. The third-order valence-electron chi connectivity index (χ3n) is 2.73. The molecule has 0 aromatic heterocycles. The molecule has 1 N–H and O–H groups in total. The molecule has 6 heteroatoms. The van der Waals surface area contributed by atoms with Crippen LogP contribution in [0.2, 0.25) is 0 Å². The lowest BCUT2D eigenvalue weighted by atomic mass is 10.3. The van der Waals surface area contributed by atoms with Crippen LogP contribution in [0.3, 0.4) is 0 Å². The van der Waals surface area contributed by atoms with Gasteiger partial charge in [-0.1, -0.05) is 0 Å². The van der Waals surface area contributed by atoms with Crippen LogP contribution in [0, 0.1) is 10.1 Å². The van der Waals surface area contributed by atoms with Crippen LogP contribution in [0.5, 0.6) is 11.5 Å². The zero-order valence-electron chi connectivity index (χ0n) is 10.2. The first-order valence-electron chi connectivity index (χ1n) is 5.89. The van der Waals surface area contributed by atoms with Crippen molar-refractivity contribution in [3.05, 3.63) is 28.3 Å². The summed E-state index contributed by atoms with van der Waals surface area (Å²) < 4.78 is 10.5. The maximum absolute atomic E-state index is 10.8. The van der Waals surface area contributed by atoms with E-state index in [0.29, 0.717) is 24.9 Å². The van der Waals surface area contributed by atoms with Gasteiger partial charge in [-0.2, -0.15) is 0 Å². The van der Waals surface area contributed by atoms with Gasteiger partial charge in [0.2, 0.25) is 5.75 Å². The zero-order chi connectivity index (χ0) is 13.0. The van der Waals surface area contributed by atoms with Crippen molar-refractivity contribution in [3.8, 4) is 11.5 Å². The molecule has 0 saturated heterocycles. The fourth-order valence-electron chi connectivity index (χ4n) is 1.60. The van der Waals surface area contributed by atoms with Gasteiger partial charge in [-0.15, -0.1) is 0 Å². The lowest BCUT2D eigenvalue weighted by molar-refractivity contribution is -0.385. The fourth-order valence-corrected chi connectivity index (χ4v) is 1.60. The minimum atomic E-state index is -0.455. The van der Waals surface area contributed by atoms with Gasteiger partial charge in [0.05, 0.1) is 12.0 Å². The molecular formula is C12H16N2O4. The minimum Gasteiger partial charge on any atom is -0.497 e. The average molecular weight is 252 g/mol. The lowest BCUT2D eigenvalue weighted by Gasteiger charge is -2.08. The highest BCUT2D eigenvalue weighted by molar-refractivity contribution is 5.50. The van der Waals surface area contributed by atoms with Crippen LogP contribution in [-0.4, -0.2) is 31.2 Å². The summed E-state index contributed by atoms with van der Waals surface area (Å²) in [6.45, 7) is 1.10. The van der Waals surface area contributed by atoms with Gasteiger partial charge in [-0.25, -0.2) is 0 Å². The molecule has 18 heavy (non-hydrogen) atoms. The molecule has 1 aromatic rings. The monoisotopic (exact) mass is 252 g/mol. The largest absolute Gasteiger partial charge is 0.497 e. The van der Waals surface area contributed by atoms with Crippen molar-refractivity contribution in [1.82, 2.24) is 5.32 Å². The van der Waals surface area contributed by atoms with Gasteiger partial charge in [0.1, 0.15) is 12.4 Å². The molecule has 0 amide bonds. The Morgan fingerprint density at radius 1 is 1.50 bits per heavy atom. The maximum Gasteiger partial charge on any atom is 0.311 e. The van der Waals surface area contributed by atoms with Crippen molar-refractivity contribution in [1.29, 1.82) is 0 Å². The van der Waals surface area contributed by atoms with E-state index in [1.54, 1.807) is 6.07 Å². The maximum atomic E-state index is 10.8. The summed E-state index contributed by atoms with van der Waals surface area (Å²) in [7, 11) is 1.51. The number of nitrogens with zero attached hydrogens (tertiary/aromatic N) is 1. The molecule has 6 nitrogen and oxygen atoms in total. The van der Waals surface area contributed by atoms with Gasteiger partial charge in [-0.3, -0.25) is 10.1 Å². The Kier molecular flexibility index (Phi) is 3.99. The first-order chi connectivity index (χ1) is 8.70. The highest BCUT2D eigenvalue weighted by Crippen LogP contribution is 2.30. The van der Waals surface area contributed by atoms with Crippen LogP contribution in [-0.2, 0) is 0 Å². The Labute approximate surface area is 105 Å². The van der Waals surface area contributed by atoms with Crippen LogP contribution in [0.15, 0.2) is 18.2 Å². The molecule has 0 aliphatic heterocycles. The van der Waals surface area contributed by atoms with Crippen molar-refractivity contribution >= 4 is 5.69 Å². The summed E-state index contributed by atoms with van der Waals surface area (Å²) in [4.78, 5) is 10.4. The topological polar surface area (TPSA) is 73.6 Å². The molecule has 0 radical (unpaired) electrons. The number of nitrogens with one attached hydrogen (secondary N) is 1. The molecule has 0 unspecified atom stereocenters. The van der Waals surface area contributed by atoms with E-state index in [1.807, 2.05) is 0 Å². The normalized spacial score (nSPS) is 14.3. The predicted molar refractivity (Wildman–Crippen MR) is 66.2 cm³/mol.